The zero-order chi connectivity index (χ0) is 28.7. The molecule has 0 bridgehead atoms. The third kappa shape index (κ3) is 4.11. The van der Waals surface area contributed by atoms with Crippen molar-refractivity contribution in [1.82, 2.24) is 25.2 Å². The van der Waals surface area contributed by atoms with E-state index < -0.39 is 18.0 Å². The monoisotopic (exact) mass is 594 g/mol. The van der Waals surface area contributed by atoms with E-state index in [4.69, 9.17) is 21.3 Å². The molecule has 8 rings (SSSR count). The Morgan fingerprint density at radius 3 is 2.69 bits per heavy atom. The maximum Gasteiger partial charge on any atom is 0.319 e. The molecule has 1 aliphatic carbocycles. The fraction of sp³-hybridized carbons (Fsp3) is 0.533. The van der Waals surface area contributed by atoms with Crippen molar-refractivity contribution in [2.45, 2.75) is 56.2 Å². The molecule has 1 amide bonds. The first-order valence-corrected chi connectivity index (χ1v) is 15.2. The van der Waals surface area contributed by atoms with Crippen molar-refractivity contribution in [2.75, 3.05) is 37.7 Å². The number of amides is 1. The summed E-state index contributed by atoms with van der Waals surface area (Å²) in [5.41, 5.74) is 1.29. The minimum absolute atomic E-state index is 0.0508. The quantitative estimate of drug-likeness (QED) is 0.393. The molecule has 3 aromatic rings. The third-order valence-electron chi connectivity index (χ3n) is 9.98. The number of halogens is 2. The summed E-state index contributed by atoms with van der Waals surface area (Å²) >= 11 is 6.52. The average molecular weight is 595 g/mol. The Balaban J connectivity index is 1.23. The normalized spacial score (nSPS) is 26.6. The third-order valence-corrected chi connectivity index (χ3v) is 10.3. The number of aliphatic hydroxyl groups is 1. The number of aromatic hydroxyl groups is 1. The molecule has 6 heterocycles. The number of pyridine rings is 1. The molecule has 3 unspecified atom stereocenters. The molecule has 1 saturated carbocycles. The van der Waals surface area contributed by atoms with Gasteiger partial charge in [-0.1, -0.05) is 11.6 Å². The molecule has 10 nitrogen and oxygen atoms in total. The van der Waals surface area contributed by atoms with Crippen LogP contribution in [0.5, 0.6) is 11.8 Å². The fourth-order valence-corrected chi connectivity index (χ4v) is 8.09. The first-order valence-electron chi connectivity index (χ1n) is 14.8. The van der Waals surface area contributed by atoms with Crippen molar-refractivity contribution in [1.29, 1.82) is 0 Å². The van der Waals surface area contributed by atoms with Crippen molar-refractivity contribution in [3.05, 3.63) is 34.7 Å². The number of carbonyl (C=O) groups excluding carboxylic acids is 1. The van der Waals surface area contributed by atoms with Gasteiger partial charge in [0.1, 0.15) is 35.6 Å². The molecular formula is C30H32ClFN6O4. The molecule has 4 saturated heterocycles. The summed E-state index contributed by atoms with van der Waals surface area (Å²) in [7, 11) is 0. The summed E-state index contributed by atoms with van der Waals surface area (Å²) in [6.45, 7) is 3.21. The maximum atomic E-state index is 16.6. The van der Waals surface area contributed by atoms with E-state index in [0.717, 1.165) is 57.2 Å². The van der Waals surface area contributed by atoms with Crippen molar-refractivity contribution in [3.8, 4) is 23.0 Å². The van der Waals surface area contributed by atoms with Crippen molar-refractivity contribution >= 4 is 34.2 Å². The second kappa shape index (κ2) is 9.62. The van der Waals surface area contributed by atoms with Crippen LogP contribution in [0.1, 0.15) is 50.0 Å². The Hall–Kier alpha value is -3.28. The number of rotatable bonds is 6. The van der Waals surface area contributed by atoms with Gasteiger partial charge in [-0.05, 0) is 75.2 Å². The number of aliphatic hydroxyl groups excluding tert-OH is 1. The summed E-state index contributed by atoms with van der Waals surface area (Å²) in [6.07, 6.45) is 6.80. The van der Waals surface area contributed by atoms with Gasteiger partial charge in [0.15, 0.2) is 5.82 Å². The van der Waals surface area contributed by atoms with Crippen molar-refractivity contribution in [2.24, 2.45) is 11.8 Å². The summed E-state index contributed by atoms with van der Waals surface area (Å²) in [5.74, 6) is -1.01. The van der Waals surface area contributed by atoms with E-state index in [2.05, 4.69) is 20.2 Å². The smallest absolute Gasteiger partial charge is 0.319 e. The van der Waals surface area contributed by atoms with Crippen LogP contribution >= 0.6 is 11.6 Å². The molecule has 4 aliphatic heterocycles. The lowest BCUT2D eigenvalue weighted by Gasteiger charge is -2.31. The highest BCUT2D eigenvalue weighted by atomic mass is 35.5. The molecular weight excluding hydrogens is 563 g/mol. The van der Waals surface area contributed by atoms with Gasteiger partial charge in [-0.3, -0.25) is 14.7 Å². The Labute approximate surface area is 246 Å². The molecule has 0 radical (unpaired) electrons. The molecule has 5 fully saturated rings. The predicted octanol–water partition coefficient (Wildman–Crippen LogP) is 3.58. The number of phenolic OH excluding ortho intramolecular Hbond substituents is 1. The minimum Gasteiger partial charge on any atom is -0.508 e. The average Bonchev–Trinajstić information content (AvgIpc) is 3.26. The number of anilines is 1. The summed E-state index contributed by atoms with van der Waals surface area (Å²) in [5, 5.41) is 24.1. The number of aromatic nitrogens is 3. The maximum absolute atomic E-state index is 16.6. The van der Waals surface area contributed by atoms with Crippen LogP contribution in [-0.2, 0) is 4.79 Å². The standard InChI is InChI=1S/C30H32ClFN6O4/c31-21-10-16(39)9-17(22(21)15-3-4-15)24-23(32)25-18(11-33-24)26(37-12-19-20(13-37)28(41)36-27(19)40)35-29(34-25)42-14-30-5-1-7-38(30)8-2-6-30/h9-11,15,19-20,27,39-40H,1-8,12-14H2,(H,36,41). The number of nitrogens with zero attached hydrogens (tertiary/aromatic N) is 5. The number of ether oxygens (including phenoxy) is 1. The Morgan fingerprint density at radius 2 is 1.95 bits per heavy atom. The van der Waals surface area contributed by atoms with Crippen LogP contribution < -0.4 is 15.0 Å². The first-order chi connectivity index (χ1) is 20.3. The fourth-order valence-electron chi connectivity index (χ4n) is 7.72. The van der Waals surface area contributed by atoms with Crippen LogP contribution in [0.25, 0.3) is 22.2 Å². The number of phenols is 1. The Morgan fingerprint density at radius 1 is 1.17 bits per heavy atom. The highest BCUT2D eigenvalue weighted by Crippen LogP contribution is 2.49. The zero-order valence-electron chi connectivity index (χ0n) is 23.0. The molecule has 42 heavy (non-hydrogen) atoms. The van der Waals surface area contributed by atoms with Crippen LogP contribution in [0.15, 0.2) is 18.3 Å². The van der Waals surface area contributed by atoms with Gasteiger partial charge in [0, 0.05) is 35.8 Å². The number of carbonyl (C=O) groups is 1. The number of benzene rings is 1. The summed E-state index contributed by atoms with van der Waals surface area (Å²) in [6, 6.07) is 3.05. The van der Waals surface area contributed by atoms with Gasteiger partial charge in [-0.25, -0.2) is 4.39 Å². The largest absolute Gasteiger partial charge is 0.508 e. The predicted molar refractivity (Wildman–Crippen MR) is 153 cm³/mol. The van der Waals surface area contributed by atoms with Gasteiger partial charge >= 0.3 is 6.01 Å². The Kier molecular flexibility index (Phi) is 6.04. The second-order valence-corrected chi connectivity index (χ2v) is 12.9. The topological polar surface area (TPSA) is 124 Å². The SMILES string of the molecule is O=C1NC(O)C2CN(c3nc(OCC45CCCN4CCC5)nc4c(F)c(-c5cc(O)cc(Cl)c5C5CC5)ncc34)CC12. The molecule has 2 aromatic heterocycles. The molecule has 0 spiro atoms. The van der Waals surface area contributed by atoms with E-state index in [0.29, 0.717) is 41.5 Å². The second-order valence-electron chi connectivity index (χ2n) is 12.5. The van der Waals surface area contributed by atoms with E-state index in [-0.39, 0.29) is 46.3 Å². The van der Waals surface area contributed by atoms with E-state index >= 15 is 4.39 Å². The van der Waals surface area contributed by atoms with Crippen LogP contribution in [-0.4, -0.2) is 80.5 Å². The van der Waals surface area contributed by atoms with Gasteiger partial charge in [-0.2, -0.15) is 9.97 Å². The highest BCUT2D eigenvalue weighted by molar-refractivity contribution is 6.32. The van der Waals surface area contributed by atoms with Crippen LogP contribution in [0.2, 0.25) is 5.02 Å². The molecule has 5 aliphatic rings. The molecule has 3 N–H and O–H groups in total. The van der Waals surface area contributed by atoms with Gasteiger partial charge < -0.3 is 25.2 Å². The van der Waals surface area contributed by atoms with Gasteiger partial charge in [-0.15, -0.1) is 0 Å². The molecule has 3 atom stereocenters. The molecule has 12 heteroatoms. The van der Waals surface area contributed by atoms with Gasteiger partial charge in [0.25, 0.3) is 0 Å². The Bertz CT molecular complexity index is 1610. The van der Waals surface area contributed by atoms with E-state index in [1.807, 2.05) is 4.90 Å². The molecule has 220 valence electrons. The number of nitrogens with one attached hydrogen (secondary N) is 1. The van der Waals surface area contributed by atoms with E-state index in [1.165, 1.54) is 12.1 Å². The van der Waals surface area contributed by atoms with Crippen molar-refractivity contribution < 1.29 is 24.1 Å². The summed E-state index contributed by atoms with van der Waals surface area (Å²) in [4.78, 5) is 30.7. The molecule has 1 aromatic carbocycles. The van der Waals surface area contributed by atoms with Crippen LogP contribution in [0, 0.1) is 17.7 Å². The lowest BCUT2D eigenvalue weighted by molar-refractivity contribution is -0.122. The van der Waals surface area contributed by atoms with Gasteiger partial charge in [0.2, 0.25) is 5.91 Å². The van der Waals surface area contributed by atoms with Crippen LogP contribution in [0.4, 0.5) is 10.2 Å². The zero-order valence-corrected chi connectivity index (χ0v) is 23.8. The number of hydrogen-bond donors (Lipinski definition) is 3. The lowest BCUT2D eigenvalue weighted by atomic mass is 9.95. The van der Waals surface area contributed by atoms with Gasteiger partial charge in [0.05, 0.1) is 16.8 Å². The van der Waals surface area contributed by atoms with Crippen LogP contribution in [0.3, 0.4) is 0 Å². The van der Waals surface area contributed by atoms with E-state index in [1.54, 1.807) is 6.20 Å². The number of hydrogen-bond acceptors (Lipinski definition) is 9. The lowest BCUT2D eigenvalue weighted by Crippen LogP contribution is -2.43. The highest BCUT2D eigenvalue weighted by Gasteiger charge is 2.49. The first kappa shape index (κ1) is 26.4. The number of fused-ring (bicyclic) bond motifs is 3. The minimum atomic E-state index is -0.941. The summed E-state index contributed by atoms with van der Waals surface area (Å²) < 4.78 is 22.9. The van der Waals surface area contributed by atoms with E-state index in [9.17, 15) is 15.0 Å². The van der Waals surface area contributed by atoms with Crippen molar-refractivity contribution in [3.63, 3.8) is 0 Å².